The van der Waals surface area contributed by atoms with E-state index in [4.69, 9.17) is 18.9 Å². The van der Waals surface area contributed by atoms with E-state index in [9.17, 15) is 0 Å². The Labute approximate surface area is 200 Å². The van der Waals surface area contributed by atoms with E-state index < -0.39 is 5.97 Å². The van der Waals surface area contributed by atoms with Crippen molar-refractivity contribution < 1.29 is 18.9 Å². The Bertz CT molecular complexity index is 370. The van der Waals surface area contributed by atoms with Crippen molar-refractivity contribution in [1.29, 1.82) is 0 Å². The van der Waals surface area contributed by atoms with Crippen LogP contribution in [0.4, 0.5) is 0 Å². The van der Waals surface area contributed by atoms with Gasteiger partial charge in [0.1, 0.15) is 0 Å². The normalized spacial score (nSPS) is 17.1. The van der Waals surface area contributed by atoms with E-state index in [2.05, 4.69) is 27.7 Å². The number of rotatable bonds is 25. The lowest BCUT2D eigenvalue weighted by Crippen LogP contribution is -2.47. The van der Waals surface area contributed by atoms with Crippen LogP contribution in [0, 0.1) is 5.92 Å². The smallest absolute Gasteiger partial charge is 0.285 e. The second kappa shape index (κ2) is 20.2. The van der Waals surface area contributed by atoms with Gasteiger partial charge in [0.15, 0.2) is 0 Å². The predicted octanol–water partition coefficient (Wildman–Crippen LogP) is 8.42. The average Bonchev–Trinajstić information content (AvgIpc) is 3.62. The molecule has 0 aliphatic carbocycles. The second-order valence-corrected chi connectivity index (χ2v) is 9.70. The highest BCUT2D eigenvalue weighted by molar-refractivity contribution is 4.75. The van der Waals surface area contributed by atoms with Crippen molar-refractivity contribution in [2.24, 2.45) is 5.92 Å². The second-order valence-electron chi connectivity index (χ2n) is 9.70. The maximum absolute atomic E-state index is 6.54. The third-order valence-electron chi connectivity index (χ3n) is 6.54. The maximum Gasteiger partial charge on any atom is 0.285 e. The number of unbranched alkanes of at least 4 members (excludes halogenated alkanes) is 9. The molecule has 0 amide bonds. The fraction of sp³-hybridized carbons (Fsp3) is 1.00. The van der Waals surface area contributed by atoms with Gasteiger partial charge in [-0.3, -0.25) is 0 Å². The fourth-order valence-electron chi connectivity index (χ4n) is 4.22. The van der Waals surface area contributed by atoms with Crippen LogP contribution in [0.1, 0.15) is 137 Å². The molecule has 0 saturated carbocycles. The van der Waals surface area contributed by atoms with E-state index in [1.807, 2.05) is 0 Å². The lowest BCUT2D eigenvalue weighted by molar-refractivity contribution is -0.407. The molecule has 2 unspecified atom stereocenters. The number of hydrogen-bond acceptors (Lipinski definition) is 4. The van der Waals surface area contributed by atoms with E-state index in [0.29, 0.717) is 12.0 Å². The quantitative estimate of drug-likeness (QED) is 0.0785. The van der Waals surface area contributed by atoms with Crippen molar-refractivity contribution in [3.8, 4) is 0 Å². The largest absolute Gasteiger partial charge is 0.373 e. The molecular formula is C28H56O4. The van der Waals surface area contributed by atoms with E-state index in [-0.39, 0.29) is 0 Å². The zero-order valence-electron chi connectivity index (χ0n) is 22.1. The molecule has 0 aromatic carbocycles. The Hall–Kier alpha value is -0.160. The first-order valence-corrected chi connectivity index (χ1v) is 14.3. The minimum Gasteiger partial charge on any atom is -0.373 e. The molecule has 32 heavy (non-hydrogen) atoms. The van der Waals surface area contributed by atoms with Crippen molar-refractivity contribution in [2.45, 2.75) is 149 Å². The lowest BCUT2D eigenvalue weighted by atomic mass is 9.91. The van der Waals surface area contributed by atoms with Crippen LogP contribution < -0.4 is 0 Å². The summed E-state index contributed by atoms with van der Waals surface area (Å²) in [6.45, 7) is 12.1. The van der Waals surface area contributed by atoms with Crippen molar-refractivity contribution in [3.63, 3.8) is 0 Å². The van der Waals surface area contributed by atoms with Crippen LogP contribution in [0.5, 0.6) is 0 Å². The van der Waals surface area contributed by atoms with Gasteiger partial charge in [-0.2, -0.15) is 0 Å². The summed E-state index contributed by atoms with van der Waals surface area (Å²) in [4.78, 5) is 0. The van der Waals surface area contributed by atoms with Gasteiger partial charge in [0.25, 0.3) is 5.97 Å². The number of hydrogen-bond donors (Lipinski definition) is 0. The van der Waals surface area contributed by atoms with E-state index in [1.165, 1.54) is 57.8 Å². The van der Waals surface area contributed by atoms with Crippen LogP contribution in [0.25, 0.3) is 0 Å². The SMILES string of the molecule is CCCCCCCCC(CCCCC1CO1)C(OCCCC)(OCCCC)OCCCC. The molecule has 1 rings (SSSR count). The Morgan fingerprint density at radius 1 is 0.625 bits per heavy atom. The Kier molecular flexibility index (Phi) is 18.9. The highest BCUT2D eigenvalue weighted by Gasteiger charge is 2.42. The minimum atomic E-state index is -0.862. The first-order valence-electron chi connectivity index (χ1n) is 14.3. The van der Waals surface area contributed by atoms with Gasteiger partial charge in [0.2, 0.25) is 0 Å². The molecule has 0 N–H and O–H groups in total. The van der Waals surface area contributed by atoms with E-state index in [1.54, 1.807) is 0 Å². The number of epoxide rings is 1. The van der Waals surface area contributed by atoms with Crippen molar-refractivity contribution in [2.75, 3.05) is 26.4 Å². The summed E-state index contributed by atoms with van der Waals surface area (Å²) in [5.41, 5.74) is 0. The molecule has 1 saturated heterocycles. The molecule has 1 aliphatic rings. The van der Waals surface area contributed by atoms with Crippen LogP contribution in [0.3, 0.4) is 0 Å². The molecule has 0 bridgehead atoms. The monoisotopic (exact) mass is 456 g/mol. The van der Waals surface area contributed by atoms with Crippen molar-refractivity contribution >= 4 is 0 Å². The maximum atomic E-state index is 6.54. The first-order chi connectivity index (χ1) is 15.7. The van der Waals surface area contributed by atoms with Crippen molar-refractivity contribution in [3.05, 3.63) is 0 Å². The van der Waals surface area contributed by atoms with Gasteiger partial charge in [-0.25, -0.2) is 0 Å². The summed E-state index contributed by atoms with van der Waals surface area (Å²) in [6.07, 6.45) is 20.9. The third kappa shape index (κ3) is 14.2. The van der Waals surface area contributed by atoms with Gasteiger partial charge < -0.3 is 18.9 Å². The lowest BCUT2D eigenvalue weighted by Gasteiger charge is -2.40. The molecule has 1 fully saturated rings. The predicted molar refractivity (Wildman–Crippen MR) is 135 cm³/mol. The Balaban J connectivity index is 2.81. The molecule has 4 nitrogen and oxygen atoms in total. The molecule has 4 heteroatoms. The summed E-state index contributed by atoms with van der Waals surface area (Å²) in [5, 5.41) is 0. The third-order valence-corrected chi connectivity index (χ3v) is 6.54. The Morgan fingerprint density at radius 3 is 1.53 bits per heavy atom. The van der Waals surface area contributed by atoms with Crippen LogP contribution in [-0.2, 0) is 18.9 Å². The molecular weight excluding hydrogens is 400 g/mol. The summed E-state index contributed by atoms with van der Waals surface area (Å²) in [5.74, 6) is -0.557. The zero-order valence-corrected chi connectivity index (χ0v) is 22.1. The van der Waals surface area contributed by atoms with Crippen LogP contribution >= 0.6 is 0 Å². The average molecular weight is 457 g/mol. The van der Waals surface area contributed by atoms with Gasteiger partial charge in [-0.15, -0.1) is 0 Å². The summed E-state index contributed by atoms with van der Waals surface area (Å²) < 4.78 is 25.0. The topological polar surface area (TPSA) is 40.2 Å². The molecule has 0 radical (unpaired) electrons. The standard InChI is InChI=1S/C28H56O4/c1-5-9-13-14-15-16-19-26(20-17-18-21-27-25-29-27)28(30-22-10-6-2,31-23-11-7-3)32-24-12-8-4/h26-27H,5-25H2,1-4H3. The van der Waals surface area contributed by atoms with E-state index >= 15 is 0 Å². The molecule has 0 aromatic rings. The number of ether oxygens (including phenoxy) is 4. The van der Waals surface area contributed by atoms with Gasteiger partial charge in [-0.05, 0) is 38.5 Å². The summed E-state index contributed by atoms with van der Waals surface area (Å²) in [6, 6.07) is 0. The van der Waals surface area contributed by atoms with E-state index in [0.717, 1.165) is 77.8 Å². The summed E-state index contributed by atoms with van der Waals surface area (Å²) >= 11 is 0. The van der Waals surface area contributed by atoms with Crippen LogP contribution in [0.2, 0.25) is 0 Å². The highest BCUT2D eigenvalue weighted by atomic mass is 16.9. The molecule has 0 aromatic heterocycles. The highest BCUT2D eigenvalue weighted by Crippen LogP contribution is 2.36. The van der Waals surface area contributed by atoms with Gasteiger partial charge in [0.05, 0.1) is 32.5 Å². The van der Waals surface area contributed by atoms with Gasteiger partial charge in [-0.1, -0.05) is 98.3 Å². The molecule has 1 heterocycles. The molecule has 0 spiro atoms. The Morgan fingerprint density at radius 2 is 1.06 bits per heavy atom. The van der Waals surface area contributed by atoms with Crippen LogP contribution in [-0.4, -0.2) is 38.5 Å². The van der Waals surface area contributed by atoms with Crippen LogP contribution in [0.15, 0.2) is 0 Å². The molecule has 192 valence electrons. The molecule has 1 aliphatic heterocycles. The minimum absolute atomic E-state index is 0.305. The van der Waals surface area contributed by atoms with Gasteiger partial charge in [0, 0.05) is 5.92 Å². The molecule has 2 atom stereocenters. The zero-order chi connectivity index (χ0) is 23.3. The van der Waals surface area contributed by atoms with Crippen molar-refractivity contribution in [1.82, 2.24) is 0 Å². The first kappa shape index (κ1) is 29.9. The summed E-state index contributed by atoms with van der Waals surface area (Å²) in [7, 11) is 0. The fourth-order valence-corrected chi connectivity index (χ4v) is 4.22. The van der Waals surface area contributed by atoms with Gasteiger partial charge >= 0.3 is 0 Å².